The molecule has 0 radical (unpaired) electrons. The maximum Gasteiger partial charge on any atom is 0.318 e. The van der Waals surface area contributed by atoms with Gasteiger partial charge in [0.05, 0.1) is 5.54 Å². The molecule has 1 atom stereocenters. The zero-order chi connectivity index (χ0) is 11.6. The summed E-state index contributed by atoms with van der Waals surface area (Å²) in [5.41, 5.74) is -0.00796. The van der Waals surface area contributed by atoms with Gasteiger partial charge < -0.3 is 15.5 Å². The van der Waals surface area contributed by atoms with Crippen molar-refractivity contribution >= 4 is 6.03 Å². The average molecular weight is 225 g/mol. The molecule has 1 saturated carbocycles. The lowest BCUT2D eigenvalue weighted by atomic mass is 9.88. The van der Waals surface area contributed by atoms with Crippen molar-refractivity contribution in [3.8, 4) is 0 Å². The van der Waals surface area contributed by atoms with E-state index in [0.717, 1.165) is 38.8 Å². The molecule has 1 aliphatic heterocycles. The molecule has 92 valence electrons. The third-order valence-corrected chi connectivity index (χ3v) is 3.71. The molecule has 0 aromatic rings. The van der Waals surface area contributed by atoms with Crippen LogP contribution in [0.1, 0.15) is 39.0 Å². The van der Waals surface area contributed by atoms with E-state index in [-0.39, 0.29) is 11.6 Å². The van der Waals surface area contributed by atoms with Gasteiger partial charge in [0.25, 0.3) is 0 Å². The minimum atomic E-state index is -0.00796. The Morgan fingerprint density at radius 3 is 2.81 bits per heavy atom. The number of hydrogen-bond acceptors (Lipinski definition) is 2. The van der Waals surface area contributed by atoms with Crippen LogP contribution in [0.5, 0.6) is 0 Å². The Balaban J connectivity index is 1.99. The summed E-state index contributed by atoms with van der Waals surface area (Å²) in [5, 5.41) is 6.31. The SMILES string of the molecule is CNCC1(C)CCCCN1C(=O)NC1CC1. The van der Waals surface area contributed by atoms with E-state index in [1.165, 1.54) is 6.42 Å². The lowest BCUT2D eigenvalue weighted by molar-refractivity contribution is 0.0897. The van der Waals surface area contributed by atoms with Gasteiger partial charge in [-0.2, -0.15) is 0 Å². The highest BCUT2D eigenvalue weighted by Crippen LogP contribution is 2.28. The Hall–Kier alpha value is -0.770. The van der Waals surface area contributed by atoms with E-state index in [2.05, 4.69) is 17.6 Å². The molecule has 1 saturated heterocycles. The minimum absolute atomic E-state index is 0.00796. The topological polar surface area (TPSA) is 44.4 Å². The Labute approximate surface area is 97.8 Å². The summed E-state index contributed by atoms with van der Waals surface area (Å²) in [6.45, 7) is 3.97. The van der Waals surface area contributed by atoms with E-state index in [1.807, 2.05) is 11.9 Å². The normalized spacial score (nSPS) is 30.2. The molecule has 0 bridgehead atoms. The van der Waals surface area contributed by atoms with Crippen LogP contribution in [0.25, 0.3) is 0 Å². The first-order valence-corrected chi connectivity index (χ1v) is 6.38. The number of nitrogens with one attached hydrogen (secondary N) is 2. The second-order valence-electron chi connectivity index (χ2n) is 5.36. The molecular formula is C12H23N3O. The maximum atomic E-state index is 12.1. The standard InChI is InChI=1S/C12H23N3O/c1-12(9-13-2)7-3-4-8-15(12)11(16)14-10-5-6-10/h10,13H,3-9H2,1-2H3,(H,14,16). The predicted octanol–water partition coefficient (Wildman–Crippen LogP) is 1.32. The molecule has 1 aliphatic carbocycles. The van der Waals surface area contributed by atoms with E-state index in [9.17, 15) is 4.79 Å². The van der Waals surface area contributed by atoms with Crippen LogP contribution in [0.2, 0.25) is 0 Å². The van der Waals surface area contributed by atoms with Crippen molar-refractivity contribution in [2.75, 3.05) is 20.1 Å². The van der Waals surface area contributed by atoms with E-state index in [1.54, 1.807) is 0 Å². The predicted molar refractivity (Wildman–Crippen MR) is 64.4 cm³/mol. The van der Waals surface area contributed by atoms with Crippen molar-refractivity contribution in [2.45, 2.75) is 50.6 Å². The zero-order valence-electron chi connectivity index (χ0n) is 10.4. The fraction of sp³-hybridized carbons (Fsp3) is 0.917. The van der Waals surface area contributed by atoms with Crippen LogP contribution in [0.4, 0.5) is 4.79 Å². The second kappa shape index (κ2) is 4.62. The summed E-state index contributed by atoms with van der Waals surface area (Å²) >= 11 is 0. The Morgan fingerprint density at radius 2 is 2.19 bits per heavy atom. The van der Waals surface area contributed by atoms with Crippen molar-refractivity contribution < 1.29 is 4.79 Å². The van der Waals surface area contributed by atoms with E-state index in [0.29, 0.717) is 6.04 Å². The number of rotatable bonds is 3. The lowest BCUT2D eigenvalue weighted by Gasteiger charge is -2.44. The largest absolute Gasteiger partial charge is 0.335 e. The maximum absolute atomic E-state index is 12.1. The van der Waals surface area contributed by atoms with Crippen molar-refractivity contribution in [2.24, 2.45) is 0 Å². The van der Waals surface area contributed by atoms with Gasteiger partial charge in [0.15, 0.2) is 0 Å². The van der Waals surface area contributed by atoms with Crippen LogP contribution in [0.3, 0.4) is 0 Å². The van der Waals surface area contributed by atoms with Gasteiger partial charge in [0.2, 0.25) is 0 Å². The number of likely N-dealkylation sites (tertiary alicyclic amines) is 1. The van der Waals surface area contributed by atoms with Gasteiger partial charge in [-0.3, -0.25) is 0 Å². The molecule has 2 amide bonds. The number of carbonyl (C=O) groups is 1. The molecule has 2 aliphatic rings. The second-order valence-corrected chi connectivity index (χ2v) is 5.36. The number of nitrogens with zero attached hydrogens (tertiary/aromatic N) is 1. The number of likely N-dealkylation sites (N-methyl/N-ethyl adjacent to an activating group) is 1. The Morgan fingerprint density at radius 1 is 1.44 bits per heavy atom. The highest BCUT2D eigenvalue weighted by atomic mass is 16.2. The quantitative estimate of drug-likeness (QED) is 0.761. The third-order valence-electron chi connectivity index (χ3n) is 3.71. The van der Waals surface area contributed by atoms with Crippen molar-refractivity contribution in [1.29, 1.82) is 0 Å². The first-order chi connectivity index (χ1) is 7.65. The van der Waals surface area contributed by atoms with Gasteiger partial charge in [-0.15, -0.1) is 0 Å². The summed E-state index contributed by atoms with van der Waals surface area (Å²) in [5.74, 6) is 0. The van der Waals surface area contributed by atoms with Gasteiger partial charge in [-0.05, 0) is 46.1 Å². The fourth-order valence-corrected chi connectivity index (χ4v) is 2.57. The van der Waals surface area contributed by atoms with Crippen LogP contribution in [0, 0.1) is 0 Å². The molecule has 2 rings (SSSR count). The summed E-state index contributed by atoms with van der Waals surface area (Å²) in [6, 6.07) is 0.591. The van der Waals surface area contributed by atoms with Gasteiger partial charge in [0.1, 0.15) is 0 Å². The molecule has 2 N–H and O–H groups in total. The highest BCUT2D eigenvalue weighted by Gasteiger charge is 2.38. The Bertz CT molecular complexity index is 261. The lowest BCUT2D eigenvalue weighted by Crippen LogP contribution is -2.59. The summed E-state index contributed by atoms with van der Waals surface area (Å²) in [6.07, 6.45) is 5.78. The van der Waals surface area contributed by atoms with Crippen molar-refractivity contribution in [1.82, 2.24) is 15.5 Å². The first-order valence-electron chi connectivity index (χ1n) is 6.38. The molecule has 4 heteroatoms. The van der Waals surface area contributed by atoms with Crippen LogP contribution in [-0.4, -0.2) is 42.6 Å². The molecule has 2 fully saturated rings. The molecule has 1 unspecified atom stereocenters. The van der Waals surface area contributed by atoms with Crippen LogP contribution < -0.4 is 10.6 Å². The number of urea groups is 1. The molecule has 1 heterocycles. The number of hydrogen-bond donors (Lipinski definition) is 2. The molecule has 16 heavy (non-hydrogen) atoms. The van der Waals surface area contributed by atoms with E-state index < -0.39 is 0 Å². The molecule has 0 aromatic carbocycles. The van der Waals surface area contributed by atoms with Crippen LogP contribution >= 0.6 is 0 Å². The zero-order valence-corrected chi connectivity index (χ0v) is 10.4. The molecule has 0 spiro atoms. The number of carbonyl (C=O) groups excluding carboxylic acids is 1. The molecule has 4 nitrogen and oxygen atoms in total. The van der Waals surface area contributed by atoms with Crippen LogP contribution in [-0.2, 0) is 0 Å². The molecular weight excluding hydrogens is 202 g/mol. The van der Waals surface area contributed by atoms with Crippen LogP contribution in [0.15, 0.2) is 0 Å². The fourth-order valence-electron chi connectivity index (χ4n) is 2.57. The van der Waals surface area contributed by atoms with Gasteiger partial charge in [0, 0.05) is 19.1 Å². The summed E-state index contributed by atoms with van der Waals surface area (Å²) in [7, 11) is 1.96. The summed E-state index contributed by atoms with van der Waals surface area (Å²) < 4.78 is 0. The van der Waals surface area contributed by atoms with E-state index in [4.69, 9.17) is 0 Å². The Kier molecular flexibility index (Phi) is 3.38. The van der Waals surface area contributed by atoms with Crippen molar-refractivity contribution in [3.63, 3.8) is 0 Å². The third kappa shape index (κ3) is 2.48. The number of piperidine rings is 1. The van der Waals surface area contributed by atoms with E-state index >= 15 is 0 Å². The van der Waals surface area contributed by atoms with Gasteiger partial charge in [-0.25, -0.2) is 4.79 Å². The number of amides is 2. The summed E-state index contributed by atoms with van der Waals surface area (Å²) in [4.78, 5) is 14.2. The highest BCUT2D eigenvalue weighted by molar-refractivity contribution is 5.76. The smallest absolute Gasteiger partial charge is 0.318 e. The van der Waals surface area contributed by atoms with Gasteiger partial charge >= 0.3 is 6.03 Å². The monoisotopic (exact) mass is 225 g/mol. The first kappa shape index (κ1) is 11.7. The minimum Gasteiger partial charge on any atom is -0.335 e. The van der Waals surface area contributed by atoms with Crippen molar-refractivity contribution in [3.05, 3.63) is 0 Å². The van der Waals surface area contributed by atoms with Gasteiger partial charge in [-0.1, -0.05) is 0 Å². The molecule has 0 aromatic heterocycles. The average Bonchev–Trinajstić information content (AvgIpc) is 3.02.